The van der Waals surface area contributed by atoms with Crippen LogP contribution in [-0.2, 0) is 14.4 Å². The fourth-order valence-corrected chi connectivity index (χ4v) is 2.15. The average Bonchev–Trinajstić information content (AvgIpc) is 2.65. The van der Waals surface area contributed by atoms with Crippen LogP contribution in [0.1, 0.15) is 13.3 Å². The number of anilines is 1. The molecule has 18 heavy (non-hydrogen) atoms. The predicted octanol–water partition coefficient (Wildman–Crippen LogP) is 2.05. The molecule has 0 N–H and O–H groups in total. The maximum absolute atomic E-state index is 12.1. The van der Waals surface area contributed by atoms with E-state index < -0.39 is 11.8 Å². The molecule has 0 radical (unpaired) electrons. The minimum absolute atomic E-state index is 0.0847. The van der Waals surface area contributed by atoms with Crippen molar-refractivity contribution in [1.82, 2.24) is 0 Å². The van der Waals surface area contributed by atoms with E-state index in [2.05, 4.69) is 0 Å². The van der Waals surface area contributed by atoms with Crippen LogP contribution in [-0.4, -0.2) is 18.1 Å². The molecule has 0 aliphatic carbocycles. The van der Waals surface area contributed by atoms with Crippen molar-refractivity contribution in [3.05, 3.63) is 29.3 Å². The molecular formula is C13H12ClNO3. The van der Waals surface area contributed by atoms with Crippen LogP contribution in [0.25, 0.3) is 0 Å². The number of nitrogens with zero attached hydrogens (tertiary/aromatic N) is 1. The number of halogens is 1. The lowest BCUT2D eigenvalue weighted by molar-refractivity contribution is -0.125. The number of carbonyl (C=O) groups is 3. The van der Waals surface area contributed by atoms with Crippen LogP contribution in [0.4, 0.5) is 5.69 Å². The van der Waals surface area contributed by atoms with Gasteiger partial charge in [0.05, 0.1) is 11.6 Å². The molecule has 5 heteroatoms. The van der Waals surface area contributed by atoms with Gasteiger partial charge in [-0.2, -0.15) is 0 Å². The minimum Gasteiger partial charge on any atom is -0.303 e. The van der Waals surface area contributed by atoms with Crippen LogP contribution in [0.5, 0.6) is 0 Å². The second-order valence-electron chi connectivity index (χ2n) is 4.35. The van der Waals surface area contributed by atoms with Crippen molar-refractivity contribution in [2.45, 2.75) is 13.3 Å². The normalized spacial score (nSPS) is 21.2. The molecule has 2 rings (SSSR count). The molecule has 2 amide bonds. The fourth-order valence-electron chi connectivity index (χ4n) is 2.02. The Morgan fingerprint density at radius 1 is 1.33 bits per heavy atom. The van der Waals surface area contributed by atoms with E-state index in [1.54, 1.807) is 31.2 Å². The van der Waals surface area contributed by atoms with E-state index in [4.69, 9.17) is 11.6 Å². The molecule has 1 heterocycles. The number of imide groups is 1. The lowest BCUT2D eigenvalue weighted by Crippen LogP contribution is -2.32. The van der Waals surface area contributed by atoms with E-state index in [1.165, 1.54) is 0 Å². The summed E-state index contributed by atoms with van der Waals surface area (Å²) in [5.74, 6) is -1.59. The van der Waals surface area contributed by atoms with Crippen molar-refractivity contribution in [3.8, 4) is 0 Å². The molecule has 1 saturated heterocycles. The first kappa shape index (κ1) is 12.8. The van der Waals surface area contributed by atoms with Crippen LogP contribution in [0.3, 0.4) is 0 Å². The molecule has 4 nitrogen and oxygen atoms in total. The second-order valence-corrected chi connectivity index (χ2v) is 4.79. The third-order valence-corrected chi connectivity index (χ3v) is 3.37. The number of hydrogen-bond acceptors (Lipinski definition) is 3. The van der Waals surface area contributed by atoms with Gasteiger partial charge < -0.3 is 4.79 Å². The first-order valence-corrected chi connectivity index (χ1v) is 6.00. The number of hydrogen-bond donors (Lipinski definition) is 0. The average molecular weight is 266 g/mol. The first-order valence-electron chi connectivity index (χ1n) is 5.62. The van der Waals surface area contributed by atoms with Gasteiger partial charge in [0.2, 0.25) is 11.8 Å². The van der Waals surface area contributed by atoms with E-state index >= 15 is 0 Å². The molecule has 1 fully saturated rings. The SMILES string of the molecule is CC(C=O)[C@@H]1CC(=O)N(c2ccc(Cl)cc2)C1=O. The summed E-state index contributed by atoms with van der Waals surface area (Å²) >= 11 is 5.76. The second kappa shape index (κ2) is 4.90. The van der Waals surface area contributed by atoms with E-state index in [-0.39, 0.29) is 18.2 Å². The highest BCUT2D eigenvalue weighted by Gasteiger charge is 2.42. The van der Waals surface area contributed by atoms with Gasteiger partial charge in [-0.1, -0.05) is 18.5 Å². The Morgan fingerprint density at radius 3 is 2.50 bits per heavy atom. The fraction of sp³-hybridized carbons (Fsp3) is 0.308. The zero-order valence-corrected chi connectivity index (χ0v) is 10.6. The summed E-state index contributed by atoms with van der Waals surface area (Å²) in [6, 6.07) is 6.47. The Bertz CT molecular complexity index is 497. The molecule has 2 atom stereocenters. The molecule has 0 aromatic heterocycles. The summed E-state index contributed by atoms with van der Waals surface area (Å²) in [6.07, 6.45) is 0.794. The van der Waals surface area contributed by atoms with Gasteiger partial charge in [0.25, 0.3) is 0 Å². The zero-order valence-electron chi connectivity index (χ0n) is 9.80. The van der Waals surface area contributed by atoms with Crippen molar-refractivity contribution in [3.63, 3.8) is 0 Å². The van der Waals surface area contributed by atoms with Gasteiger partial charge in [-0.15, -0.1) is 0 Å². The topological polar surface area (TPSA) is 54.5 Å². The lowest BCUT2D eigenvalue weighted by Gasteiger charge is -2.16. The van der Waals surface area contributed by atoms with Gasteiger partial charge in [-0.05, 0) is 24.3 Å². The number of carbonyl (C=O) groups excluding carboxylic acids is 3. The molecule has 0 saturated carbocycles. The Balaban J connectivity index is 2.29. The molecule has 0 bridgehead atoms. The largest absolute Gasteiger partial charge is 0.303 e. The van der Waals surface area contributed by atoms with E-state index in [1.807, 2.05) is 0 Å². The standard InChI is InChI=1S/C13H12ClNO3/c1-8(7-16)11-6-12(17)15(13(11)18)10-4-2-9(14)3-5-10/h2-5,7-8,11H,6H2,1H3/t8?,11-/m0/s1. The van der Waals surface area contributed by atoms with Gasteiger partial charge in [-0.25, -0.2) is 0 Å². The Labute approximate surface area is 110 Å². The van der Waals surface area contributed by atoms with E-state index in [0.29, 0.717) is 17.0 Å². The molecule has 1 aliphatic rings. The lowest BCUT2D eigenvalue weighted by atomic mass is 9.94. The molecule has 1 aromatic rings. The number of rotatable bonds is 3. The highest BCUT2D eigenvalue weighted by molar-refractivity contribution is 6.30. The molecule has 1 aromatic carbocycles. The van der Waals surface area contributed by atoms with Gasteiger partial charge in [-0.3, -0.25) is 14.5 Å². The van der Waals surface area contributed by atoms with Crippen LogP contribution in [0, 0.1) is 11.8 Å². The third-order valence-electron chi connectivity index (χ3n) is 3.12. The monoisotopic (exact) mass is 265 g/mol. The Morgan fingerprint density at radius 2 is 1.94 bits per heavy atom. The van der Waals surface area contributed by atoms with Crippen LogP contribution in [0.15, 0.2) is 24.3 Å². The molecule has 1 aliphatic heterocycles. The van der Waals surface area contributed by atoms with Crippen LogP contribution >= 0.6 is 11.6 Å². The first-order chi connectivity index (χ1) is 8.54. The smallest absolute Gasteiger partial charge is 0.238 e. The van der Waals surface area contributed by atoms with E-state index in [9.17, 15) is 14.4 Å². The molecule has 94 valence electrons. The minimum atomic E-state index is -0.550. The quantitative estimate of drug-likeness (QED) is 0.621. The Kier molecular flexibility index (Phi) is 3.48. The zero-order chi connectivity index (χ0) is 13.3. The van der Waals surface area contributed by atoms with Crippen molar-refractivity contribution in [1.29, 1.82) is 0 Å². The summed E-state index contributed by atoms with van der Waals surface area (Å²) in [5, 5.41) is 0.538. The summed E-state index contributed by atoms with van der Waals surface area (Å²) < 4.78 is 0. The summed E-state index contributed by atoms with van der Waals surface area (Å²) in [5.41, 5.74) is 0.495. The predicted molar refractivity (Wildman–Crippen MR) is 67.3 cm³/mol. The van der Waals surface area contributed by atoms with Gasteiger partial charge in [0, 0.05) is 17.4 Å². The van der Waals surface area contributed by atoms with E-state index in [0.717, 1.165) is 4.90 Å². The van der Waals surface area contributed by atoms with Crippen molar-refractivity contribution in [2.75, 3.05) is 4.90 Å². The highest BCUT2D eigenvalue weighted by Crippen LogP contribution is 2.30. The van der Waals surface area contributed by atoms with Crippen molar-refractivity contribution < 1.29 is 14.4 Å². The van der Waals surface area contributed by atoms with Gasteiger partial charge in [0.1, 0.15) is 6.29 Å². The molecule has 1 unspecified atom stereocenters. The number of amides is 2. The summed E-state index contributed by atoms with van der Waals surface area (Å²) in [4.78, 5) is 35.8. The van der Waals surface area contributed by atoms with Crippen LogP contribution in [0.2, 0.25) is 5.02 Å². The van der Waals surface area contributed by atoms with Gasteiger partial charge >= 0.3 is 0 Å². The number of aldehydes is 1. The third kappa shape index (κ3) is 2.16. The van der Waals surface area contributed by atoms with Crippen molar-refractivity contribution >= 4 is 35.4 Å². The van der Waals surface area contributed by atoms with Gasteiger partial charge in [0.15, 0.2) is 0 Å². The molecule has 0 spiro atoms. The Hall–Kier alpha value is -1.68. The number of benzene rings is 1. The van der Waals surface area contributed by atoms with Crippen molar-refractivity contribution in [2.24, 2.45) is 11.8 Å². The maximum atomic E-state index is 12.1. The summed E-state index contributed by atoms with van der Waals surface area (Å²) in [7, 11) is 0. The molecular weight excluding hydrogens is 254 g/mol. The highest BCUT2D eigenvalue weighted by atomic mass is 35.5. The van der Waals surface area contributed by atoms with Crippen LogP contribution < -0.4 is 4.90 Å². The summed E-state index contributed by atoms with van der Waals surface area (Å²) in [6.45, 7) is 1.65. The maximum Gasteiger partial charge on any atom is 0.238 e.